The summed E-state index contributed by atoms with van der Waals surface area (Å²) in [5.41, 5.74) is 0.346. The van der Waals surface area contributed by atoms with Gasteiger partial charge >= 0.3 is 29.6 Å². The Kier molecular flexibility index (Phi) is 11.9. The zero-order chi connectivity index (χ0) is 20.4. The zero-order valence-electron chi connectivity index (χ0n) is 17.4. The Morgan fingerprint density at radius 1 is 0.897 bits per heavy atom. The van der Waals surface area contributed by atoms with Gasteiger partial charge in [0, 0.05) is 0 Å². The van der Waals surface area contributed by atoms with Crippen LogP contribution >= 0.6 is 0 Å². The first-order chi connectivity index (χ1) is 13.4. The molecule has 0 atom stereocenters. The Bertz CT molecular complexity index is 838. The average molecular weight is 429 g/mol. The molecule has 0 aliphatic carbocycles. The predicted octanol–water partition coefficient (Wildman–Crippen LogP) is 2.49. The van der Waals surface area contributed by atoms with Gasteiger partial charge in [-0.05, 0) is 42.4 Å². The van der Waals surface area contributed by atoms with Crippen LogP contribution in [-0.4, -0.2) is 13.0 Å². The Hall–Kier alpha value is -1.05. The van der Waals surface area contributed by atoms with Crippen molar-refractivity contribution in [2.24, 2.45) is 0 Å². The van der Waals surface area contributed by atoms with Crippen LogP contribution in [-0.2, 0) is 16.5 Å². The van der Waals surface area contributed by atoms with Crippen LogP contribution < -0.4 is 39.4 Å². The molecule has 1 N–H and O–H groups in total. The number of hydrogen-bond acceptors (Lipinski definition) is 4. The third-order valence-corrected chi connectivity index (χ3v) is 5.65. The molecular formula is C22H29NaO5S. The van der Waals surface area contributed by atoms with E-state index in [9.17, 15) is 18.1 Å². The first-order valence-corrected chi connectivity index (χ1v) is 11.4. The second-order valence-corrected chi connectivity index (χ2v) is 8.35. The maximum absolute atomic E-state index is 12.6. The van der Waals surface area contributed by atoms with Crippen molar-refractivity contribution in [3.8, 4) is 17.2 Å². The van der Waals surface area contributed by atoms with E-state index in [2.05, 4.69) is 6.92 Å². The van der Waals surface area contributed by atoms with E-state index >= 15 is 0 Å². The molecule has 0 saturated heterocycles. The molecule has 0 amide bonds. The molecule has 0 aliphatic heterocycles. The number of hydrogen-bond donors (Lipinski definition) is 1. The Balaban J connectivity index is 0.00000420. The van der Waals surface area contributed by atoms with Gasteiger partial charge in [0.2, 0.25) is 0 Å². The van der Waals surface area contributed by atoms with E-state index in [0.29, 0.717) is 17.7 Å². The Labute approximate surface area is 196 Å². The minimum atomic E-state index is -4.63. The van der Waals surface area contributed by atoms with E-state index in [4.69, 9.17) is 4.74 Å². The van der Waals surface area contributed by atoms with Crippen LogP contribution in [0.15, 0.2) is 47.4 Å². The van der Waals surface area contributed by atoms with Crippen molar-refractivity contribution in [3.05, 3.63) is 48.0 Å². The summed E-state index contributed by atoms with van der Waals surface area (Å²) in [5.74, 6) is -0.487. The molecule has 2 aromatic rings. The third kappa shape index (κ3) is 8.69. The van der Waals surface area contributed by atoms with Gasteiger partial charge in [-0.3, -0.25) is 4.55 Å². The van der Waals surface area contributed by atoms with E-state index in [1.165, 1.54) is 38.2 Å². The van der Waals surface area contributed by atoms with Crippen LogP contribution in [0.2, 0.25) is 0 Å². The van der Waals surface area contributed by atoms with Gasteiger partial charge < -0.3 is 9.84 Å². The maximum atomic E-state index is 12.6. The number of benzene rings is 2. The molecule has 0 aromatic heterocycles. The fourth-order valence-corrected chi connectivity index (χ4v) is 4.05. The second kappa shape index (κ2) is 13.3. The van der Waals surface area contributed by atoms with Crippen molar-refractivity contribution >= 4 is 10.1 Å². The van der Waals surface area contributed by atoms with Crippen molar-refractivity contribution < 1.29 is 52.4 Å². The van der Waals surface area contributed by atoms with E-state index in [0.717, 1.165) is 19.3 Å². The molecule has 154 valence electrons. The number of rotatable bonds is 12. The number of para-hydroxylation sites is 1. The summed E-state index contributed by atoms with van der Waals surface area (Å²) in [4.78, 5) is -0.566. The Morgan fingerprint density at radius 2 is 1.48 bits per heavy atom. The second-order valence-electron chi connectivity index (χ2n) is 7.00. The SMILES string of the molecule is CCCCCCCCCCc1ccc(Oc2ccccc2)c([O-])c1S(=O)(=O)O.[Na+]. The van der Waals surface area contributed by atoms with E-state index < -0.39 is 20.8 Å². The van der Waals surface area contributed by atoms with Crippen molar-refractivity contribution in [1.29, 1.82) is 0 Å². The third-order valence-electron chi connectivity index (χ3n) is 4.69. The van der Waals surface area contributed by atoms with E-state index in [-0.39, 0.29) is 35.3 Å². The van der Waals surface area contributed by atoms with Crippen molar-refractivity contribution in [1.82, 2.24) is 0 Å². The minimum absolute atomic E-state index is 0. The van der Waals surface area contributed by atoms with Crippen LogP contribution in [0.4, 0.5) is 0 Å². The molecule has 0 aliphatic rings. The monoisotopic (exact) mass is 428 g/mol. The molecule has 2 rings (SSSR count). The molecule has 29 heavy (non-hydrogen) atoms. The minimum Gasteiger partial charge on any atom is -0.869 e. The van der Waals surface area contributed by atoms with Crippen molar-refractivity contribution in [2.45, 2.75) is 69.6 Å². The first-order valence-electron chi connectivity index (χ1n) is 9.96. The summed E-state index contributed by atoms with van der Waals surface area (Å²) in [6, 6.07) is 11.7. The molecule has 0 radical (unpaired) electrons. The largest absolute Gasteiger partial charge is 1.00 e. The molecule has 5 nitrogen and oxygen atoms in total. The maximum Gasteiger partial charge on any atom is 1.00 e. The van der Waals surface area contributed by atoms with Crippen LogP contribution in [0.5, 0.6) is 17.2 Å². The van der Waals surface area contributed by atoms with Crippen molar-refractivity contribution in [3.63, 3.8) is 0 Å². The van der Waals surface area contributed by atoms with Gasteiger partial charge in [0.1, 0.15) is 11.5 Å². The standard InChI is InChI=1S/C22H30O5S.Na/c1-2-3-4-5-6-7-8-10-13-18-16-17-20(21(23)22(18)28(24,25)26)27-19-14-11-9-12-15-19;/h9,11-12,14-17,23H,2-8,10,13H2,1H3,(H,24,25,26);/q;+1/p-1. The normalized spacial score (nSPS) is 11.1. The molecule has 0 unspecified atom stereocenters. The smallest absolute Gasteiger partial charge is 0.869 e. The van der Waals surface area contributed by atoms with Crippen LogP contribution in [0.1, 0.15) is 63.9 Å². The molecule has 0 saturated carbocycles. The van der Waals surface area contributed by atoms with Gasteiger partial charge in [-0.15, -0.1) is 0 Å². The van der Waals surface area contributed by atoms with Gasteiger partial charge in [0.15, 0.2) is 0 Å². The van der Waals surface area contributed by atoms with Gasteiger partial charge in [0.05, 0.1) is 4.90 Å². The number of unbranched alkanes of at least 4 members (excludes halogenated alkanes) is 7. The van der Waals surface area contributed by atoms with Crippen LogP contribution in [0.3, 0.4) is 0 Å². The molecule has 0 heterocycles. The molecule has 7 heteroatoms. The number of ether oxygens (including phenoxy) is 1. The van der Waals surface area contributed by atoms with Gasteiger partial charge in [0.25, 0.3) is 10.1 Å². The quantitative estimate of drug-likeness (QED) is 0.319. The van der Waals surface area contributed by atoms with E-state index in [1.54, 1.807) is 30.3 Å². The Morgan fingerprint density at radius 3 is 2.07 bits per heavy atom. The molecule has 2 aromatic carbocycles. The number of aryl methyl sites for hydroxylation is 1. The molecule has 0 fully saturated rings. The van der Waals surface area contributed by atoms with Crippen LogP contribution in [0.25, 0.3) is 0 Å². The van der Waals surface area contributed by atoms with Crippen molar-refractivity contribution in [2.75, 3.05) is 0 Å². The summed E-state index contributed by atoms with van der Waals surface area (Å²) in [7, 11) is -4.63. The average Bonchev–Trinajstić information content (AvgIpc) is 2.66. The first kappa shape index (κ1) is 26.0. The van der Waals surface area contributed by atoms with Gasteiger partial charge in [-0.1, -0.05) is 76.1 Å². The molecular weight excluding hydrogens is 399 g/mol. The summed E-state index contributed by atoms with van der Waals surface area (Å²) in [5, 5.41) is 12.6. The van der Waals surface area contributed by atoms with Crippen LogP contribution in [0, 0.1) is 0 Å². The summed E-state index contributed by atoms with van der Waals surface area (Å²) in [6.07, 6.45) is 9.40. The summed E-state index contributed by atoms with van der Waals surface area (Å²) < 4.78 is 38.7. The predicted molar refractivity (Wildman–Crippen MR) is 109 cm³/mol. The molecule has 0 spiro atoms. The van der Waals surface area contributed by atoms with E-state index in [1.807, 2.05) is 6.07 Å². The topological polar surface area (TPSA) is 86.7 Å². The zero-order valence-corrected chi connectivity index (χ0v) is 20.2. The summed E-state index contributed by atoms with van der Waals surface area (Å²) >= 11 is 0. The van der Waals surface area contributed by atoms with Gasteiger partial charge in [-0.2, -0.15) is 8.42 Å². The molecule has 0 bridgehead atoms. The summed E-state index contributed by atoms with van der Waals surface area (Å²) in [6.45, 7) is 2.19. The fraction of sp³-hybridized carbons (Fsp3) is 0.455. The fourth-order valence-electron chi connectivity index (χ4n) is 3.21. The van der Waals surface area contributed by atoms with Gasteiger partial charge in [-0.25, -0.2) is 0 Å².